The highest BCUT2D eigenvalue weighted by Gasteiger charge is 2.19. The molecule has 0 aliphatic heterocycles. The van der Waals surface area contributed by atoms with Crippen molar-refractivity contribution >= 4 is 17.9 Å². The number of unbranched alkanes of at least 4 members (excludes halogenated alkanes) is 32. The van der Waals surface area contributed by atoms with Crippen molar-refractivity contribution in [3.63, 3.8) is 0 Å². The second-order valence-electron chi connectivity index (χ2n) is 18.8. The Labute approximate surface area is 403 Å². The van der Waals surface area contributed by atoms with Crippen molar-refractivity contribution in [3.05, 3.63) is 48.6 Å². The van der Waals surface area contributed by atoms with E-state index in [1.165, 1.54) is 173 Å². The third-order valence-corrected chi connectivity index (χ3v) is 12.3. The van der Waals surface area contributed by atoms with Crippen LogP contribution in [-0.2, 0) is 28.6 Å². The molecule has 0 spiro atoms. The lowest BCUT2D eigenvalue weighted by molar-refractivity contribution is -0.167. The maximum Gasteiger partial charge on any atom is 0.306 e. The molecule has 0 aromatic carbocycles. The fraction of sp³-hybridized carbons (Fsp3) is 0.814. The van der Waals surface area contributed by atoms with E-state index in [4.69, 9.17) is 14.2 Å². The molecule has 6 heteroatoms. The van der Waals surface area contributed by atoms with Crippen LogP contribution in [0.4, 0.5) is 0 Å². The molecule has 0 aromatic rings. The number of hydrogen-bond acceptors (Lipinski definition) is 6. The van der Waals surface area contributed by atoms with Gasteiger partial charge in [0.1, 0.15) is 13.2 Å². The van der Waals surface area contributed by atoms with Gasteiger partial charge in [0.25, 0.3) is 0 Å². The highest BCUT2D eigenvalue weighted by atomic mass is 16.6. The molecule has 0 rings (SSSR count). The zero-order valence-electron chi connectivity index (χ0n) is 43.3. The highest BCUT2D eigenvalue weighted by molar-refractivity contribution is 5.71. The Morgan fingerprint density at radius 1 is 0.308 bits per heavy atom. The van der Waals surface area contributed by atoms with E-state index in [0.717, 1.165) is 70.6 Å². The summed E-state index contributed by atoms with van der Waals surface area (Å²) in [6.07, 6.45) is 65.3. The van der Waals surface area contributed by atoms with E-state index >= 15 is 0 Å². The maximum absolute atomic E-state index is 12.8. The van der Waals surface area contributed by atoms with Gasteiger partial charge in [-0.15, -0.1) is 0 Å². The molecule has 6 nitrogen and oxygen atoms in total. The van der Waals surface area contributed by atoms with E-state index in [1.807, 2.05) is 0 Å². The van der Waals surface area contributed by atoms with Gasteiger partial charge in [0.2, 0.25) is 0 Å². The number of carbonyl (C=O) groups excluding carboxylic acids is 3. The summed E-state index contributed by atoms with van der Waals surface area (Å²) < 4.78 is 16.8. The van der Waals surface area contributed by atoms with Crippen molar-refractivity contribution in [3.8, 4) is 0 Å². The Balaban J connectivity index is 4.37. The van der Waals surface area contributed by atoms with Gasteiger partial charge >= 0.3 is 17.9 Å². The summed E-state index contributed by atoms with van der Waals surface area (Å²) in [6, 6.07) is 0. The summed E-state index contributed by atoms with van der Waals surface area (Å²) in [5.74, 6) is -0.924. The Hall–Kier alpha value is -2.63. The Morgan fingerprint density at radius 3 is 0.954 bits per heavy atom. The second kappa shape index (κ2) is 54.0. The fourth-order valence-electron chi connectivity index (χ4n) is 8.03. The third kappa shape index (κ3) is 52.2. The minimum atomic E-state index is -0.793. The molecule has 0 N–H and O–H groups in total. The van der Waals surface area contributed by atoms with E-state index < -0.39 is 6.10 Å². The molecule has 0 saturated heterocycles. The van der Waals surface area contributed by atoms with Crippen LogP contribution in [-0.4, -0.2) is 37.2 Å². The standard InChI is InChI=1S/C59H106O6/c1-4-7-10-13-16-19-22-25-27-28-29-30-32-34-37-40-43-46-49-52-58(61)64-55-56(54-63-57(60)51-48-45-42-39-36-33-24-21-18-15-12-9-6-3)65-59(62)53-50-47-44-41-38-35-31-26-23-20-17-14-11-8-5-2/h17,20-21,24,26,31,38,41,56H,4-16,18-19,22-23,25,27-30,32-37,39-40,42-55H2,1-3H3/b20-17-,24-21-,31-26-,41-38-/t56-/m1/s1. The van der Waals surface area contributed by atoms with Crippen LogP contribution in [0, 0.1) is 0 Å². The lowest BCUT2D eigenvalue weighted by atomic mass is 10.0. The molecule has 0 amide bonds. The SMILES string of the molecule is CCCCC/C=C\C/C=C\C/C=C\CCCCC(=O)O[C@H](COC(=O)CCCCCCC/C=C\CCCCCC)COC(=O)CCCCCCCCCCCCCCCCCCCCC. The molecule has 65 heavy (non-hydrogen) atoms. The van der Waals surface area contributed by atoms with Crippen molar-refractivity contribution in [1.82, 2.24) is 0 Å². The molecule has 0 bridgehead atoms. The first-order chi connectivity index (χ1) is 32.0. The first-order valence-corrected chi connectivity index (χ1v) is 28.1. The van der Waals surface area contributed by atoms with Crippen molar-refractivity contribution in [2.24, 2.45) is 0 Å². The summed E-state index contributed by atoms with van der Waals surface area (Å²) in [7, 11) is 0. The van der Waals surface area contributed by atoms with E-state index in [9.17, 15) is 14.4 Å². The van der Waals surface area contributed by atoms with Crippen LogP contribution in [0.15, 0.2) is 48.6 Å². The first-order valence-electron chi connectivity index (χ1n) is 28.1. The number of esters is 3. The number of allylic oxidation sites excluding steroid dienone is 8. The summed E-state index contributed by atoms with van der Waals surface area (Å²) in [6.45, 7) is 6.59. The minimum Gasteiger partial charge on any atom is -0.462 e. The van der Waals surface area contributed by atoms with Gasteiger partial charge in [0.15, 0.2) is 6.10 Å². The Bertz CT molecular complexity index is 1140. The van der Waals surface area contributed by atoms with Gasteiger partial charge in [-0.05, 0) is 83.5 Å². The van der Waals surface area contributed by atoms with Crippen molar-refractivity contribution in [1.29, 1.82) is 0 Å². The first kappa shape index (κ1) is 62.4. The molecule has 0 fully saturated rings. The zero-order chi connectivity index (χ0) is 47.2. The van der Waals surface area contributed by atoms with Gasteiger partial charge < -0.3 is 14.2 Å². The molecule has 0 unspecified atom stereocenters. The summed E-state index contributed by atoms with van der Waals surface area (Å²) in [5.41, 5.74) is 0. The predicted octanol–water partition coefficient (Wildman–Crippen LogP) is 18.7. The lowest BCUT2D eigenvalue weighted by Crippen LogP contribution is -2.30. The Kier molecular flexibility index (Phi) is 51.8. The molecule has 0 aromatic heterocycles. The third-order valence-electron chi connectivity index (χ3n) is 12.3. The number of ether oxygens (including phenoxy) is 3. The number of rotatable bonds is 51. The van der Waals surface area contributed by atoms with Crippen LogP contribution < -0.4 is 0 Å². The van der Waals surface area contributed by atoms with E-state index in [2.05, 4.69) is 69.4 Å². The molecular weight excluding hydrogens is 805 g/mol. The van der Waals surface area contributed by atoms with Gasteiger partial charge in [0, 0.05) is 19.3 Å². The van der Waals surface area contributed by atoms with Crippen LogP contribution in [0.2, 0.25) is 0 Å². The molecule has 0 radical (unpaired) electrons. The van der Waals surface area contributed by atoms with E-state index in [1.54, 1.807) is 0 Å². The van der Waals surface area contributed by atoms with Gasteiger partial charge in [-0.25, -0.2) is 0 Å². The van der Waals surface area contributed by atoms with Gasteiger partial charge in [0.05, 0.1) is 0 Å². The number of hydrogen-bond donors (Lipinski definition) is 0. The monoisotopic (exact) mass is 911 g/mol. The van der Waals surface area contributed by atoms with Crippen molar-refractivity contribution < 1.29 is 28.6 Å². The molecule has 1 atom stereocenters. The zero-order valence-corrected chi connectivity index (χ0v) is 43.3. The molecule has 0 aliphatic carbocycles. The van der Waals surface area contributed by atoms with Crippen LogP contribution in [0.25, 0.3) is 0 Å². The second-order valence-corrected chi connectivity index (χ2v) is 18.8. The van der Waals surface area contributed by atoms with Crippen LogP contribution in [0.3, 0.4) is 0 Å². The van der Waals surface area contributed by atoms with Gasteiger partial charge in [-0.2, -0.15) is 0 Å². The quantitative estimate of drug-likeness (QED) is 0.0262. The molecule has 378 valence electrons. The normalized spacial score (nSPS) is 12.4. The summed E-state index contributed by atoms with van der Waals surface area (Å²) in [4.78, 5) is 38.1. The number of carbonyl (C=O) groups is 3. The summed E-state index contributed by atoms with van der Waals surface area (Å²) >= 11 is 0. The topological polar surface area (TPSA) is 78.9 Å². The maximum atomic E-state index is 12.8. The van der Waals surface area contributed by atoms with Crippen molar-refractivity contribution in [2.45, 2.75) is 297 Å². The lowest BCUT2D eigenvalue weighted by Gasteiger charge is -2.18. The minimum absolute atomic E-state index is 0.0882. The summed E-state index contributed by atoms with van der Waals surface area (Å²) in [5, 5.41) is 0. The van der Waals surface area contributed by atoms with Gasteiger partial charge in [-0.3, -0.25) is 14.4 Å². The molecular formula is C59H106O6. The highest BCUT2D eigenvalue weighted by Crippen LogP contribution is 2.16. The van der Waals surface area contributed by atoms with E-state index in [-0.39, 0.29) is 37.5 Å². The van der Waals surface area contributed by atoms with Crippen LogP contribution in [0.5, 0.6) is 0 Å². The largest absolute Gasteiger partial charge is 0.462 e. The predicted molar refractivity (Wildman–Crippen MR) is 279 cm³/mol. The average molecular weight is 911 g/mol. The van der Waals surface area contributed by atoms with Crippen LogP contribution in [0.1, 0.15) is 290 Å². The van der Waals surface area contributed by atoms with E-state index in [0.29, 0.717) is 19.3 Å². The van der Waals surface area contributed by atoms with Crippen LogP contribution >= 0.6 is 0 Å². The van der Waals surface area contributed by atoms with Crippen molar-refractivity contribution in [2.75, 3.05) is 13.2 Å². The smallest absolute Gasteiger partial charge is 0.306 e. The fourth-order valence-corrected chi connectivity index (χ4v) is 8.03. The average Bonchev–Trinajstić information content (AvgIpc) is 3.30. The molecule has 0 saturated carbocycles. The molecule has 0 heterocycles. The van der Waals surface area contributed by atoms with Gasteiger partial charge in [-0.1, -0.05) is 236 Å². The molecule has 0 aliphatic rings. The Morgan fingerprint density at radius 2 is 0.554 bits per heavy atom.